The third kappa shape index (κ3) is 3.72. The van der Waals surface area contributed by atoms with Crippen molar-refractivity contribution in [2.75, 3.05) is 5.32 Å². The Balaban J connectivity index is 1.61. The van der Waals surface area contributed by atoms with Gasteiger partial charge >= 0.3 is 0 Å². The molecule has 0 amide bonds. The van der Waals surface area contributed by atoms with Gasteiger partial charge in [-0.1, -0.05) is 19.8 Å². The highest BCUT2D eigenvalue weighted by molar-refractivity contribution is 7.15. The molecular formula is C20H21N5OS. The number of rotatable bonds is 6. The van der Waals surface area contributed by atoms with Gasteiger partial charge in [0.05, 0.1) is 16.5 Å². The molecule has 0 saturated heterocycles. The molecule has 7 heteroatoms. The molecule has 0 spiro atoms. The minimum Gasteiger partial charge on any atom is -0.387 e. The first kappa shape index (κ1) is 17.7. The molecule has 3 N–H and O–H groups in total. The summed E-state index contributed by atoms with van der Waals surface area (Å²) >= 11 is 1.49. The minimum atomic E-state index is -0.490. The summed E-state index contributed by atoms with van der Waals surface area (Å²) in [6, 6.07) is 5.85. The van der Waals surface area contributed by atoms with Gasteiger partial charge in [0.15, 0.2) is 17.5 Å². The number of aliphatic hydroxyl groups is 1. The van der Waals surface area contributed by atoms with Crippen molar-refractivity contribution in [3.63, 3.8) is 0 Å². The maximum atomic E-state index is 10.3. The number of hydrogen-bond acceptors (Lipinski definition) is 6. The molecule has 0 bridgehead atoms. The van der Waals surface area contributed by atoms with E-state index in [1.165, 1.54) is 24.2 Å². The lowest BCUT2D eigenvalue weighted by Gasteiger charge is -2.11. The van der Waals surface area contributed by atoms with Gasteiger partial charge in [0, 0.05) is 28.8 Å². The Morgan fingerprint density at radius 3 is 2.89 bits per heavy atom. The lowest BCUT2D eigenvalue weighted by Crippen LogP contribution is -2.02. The summed E-state index contributed by atoms with van der Waals surface area (Å²) in [5.74, 6) is 5.18. The fourth-order valence-corrected chi connectivity index (χ4v) is 3.90. The predicted molar refractivity (Wildman–Crippen MR) is 107 cm³/mol. The average Bonchev–Trinajstić information content (AvgIpc) is 3.21. The summed E-state index contributed by atoms with van der Waals surface area (Å²) in [7, 11) is 0. The van der Waals surface area contributed by atoms with Gasteiger partial charge in [-0.2, -0.15) is 5.10 Å². The van der Waals surface area contributed by atoms with Crippen LogP contribution in [-0.2, 0) is 0 Å². The van der Waals surface area contributed by atoms with Crippen LogP contribution in [0.5, 0.6) is 0 Å². The fraction of sp³-hybridized carbons (Fsp3) is 0.350. The second kappa shape index (κ2) is 7.14. The number of nitrogens with zero attached hydrogens (tertiary/aromatic N) is 3. The maximum absolute atomic E-state index is 10.3. The van der Waals surface area contributed by atoms with Crippen LogP contribution in [-0.4, -0.2) is 25.3 Å². The topological polar surface area (TPSA) is 86.7 Å². The van der Waals surface area contributed by atoms with Gasteiger partial charge in [0.25, 0.3) is 0 Å². The van der Waals surface area contributed by atoms with Gasteiger partial charge in [-0.05, 0) is 30.9 Å². The van der Waals surface area contributed by atoms with Gasteiger partial charge in [0.2, 0.25) is 0 Å². The summed E-state index contributed by atoms with van der Waals surface area (Å²) in [4.78, 5) is 10.8. The molecule has 0 radical (unpaired) electrons. The lowest BCUT2D eigenvalue weighted by molar-refractivity contribution is 0.130. The van der Waals surface area contributed by atoms with Crippen LogP contribution < -0.4 is 5.32 Å². The van der Waals surface area contributed by atoms with Crippen LogP contribution in [0, 0.1) is 18.3 Å². The summed E-state index contributed by atoms with van der Waals surface area (Å²) in [6.07, 6.45) is 9.16. The predicted octanol–water partition coefficient (Wildman–Crippen LogP) is 4.22. The van der Waals surface area contributed by atoms with E-state index in [2.05, 4.69) is 31.4 Å². The third-order valence-electron chi connectivity index (χ3n) is 4.58. The second-order valence-corrected chi connectivity index (χ2v) is 8.21. The molecule has 1 aliphatic rings. The van der Waals surface area contributed by atoms with Crippen molar-refractivity contribution < 1.29 is 5.11 Å². The summed E-state index contributed by atoms with van der Waals surface area (Å²) in [5, 5.41) is 20.8. The van der Waals surface area contributed by atoms with E-state index >= 15 is 0 Å². The maximum Gasteiger partial charge on any atom is 0.171 e. The first-order valence-electron chi connectivity index (χ1n) is 8.99. The van der Waals surface area contributed by atoms with Gasteiger partial charge in [-0.3, -0.25) is 5.10 Å². The van der Waals surface area contributed by atoms with Crippen LogP contribution in [0.15, 0.2) is 24.4 Å². The van der Waals surface area contributed by atoms with Crippen LogP contribution in [0.25, 0.3) is 10.7 Å². The Bertz CT molecular complexity index is 996. The largest absolute Gasteiger partial charge is 0.387 e. The second-order valence-electron chi connectivity index (χ2n) is 7.10. The highest BCUT2D eigenvalue weighted by Gasteiger charge is 2.25. The standard InChI is InChI=1S/C20H21N5OS/c1-4-12-10-21-20(16-8-7-15(27-16)18(26)11(2)3)23-19(12)22-17-9-14(24-25-17)13-5-6-13/h1,7-11,13,18,26H,5-6H2,2-3H3,(H2,21,22,23,24,25). The number of hydrogen-bond donors (Lipinski definition) is 3. The van der Waals surface area contributed by atoms with E-state index in [0.29, 0.717) is 28.9 Å². The van der Waals surface area contributed by atoms with Crippen LogP contribution in [0.4, 0.5) is 11.6 Å². The van der Waals surface area contributed by atoms with E-state index in [1.54, 1.807) is 6.20 Å². The highest BCUT2D eigenvalue weighted by Crippen LogP contribution is 2.40. The van der Waals surface area contributed by atoms with Crippen molar-refractivity contribution in [2.45, 2.75) is 38.7 Å². The van der Waals surface area contributed by atoms with Crippen molar-refractivity contribution in [1.29, 1.82) is 0 Å². The monoisotopic (exact) mass is 379 g/mol. The molecule has 3 aromatic rings. The number of thiophene rings is 1. The zero-order valence-electron chi connectivity index (χ0n) is 15.2. The molecule has 3 heterocycles. The number of terminal acetylenes is 1. The number of nitrogens with one attached hydrogen (secondary N) is 2. The Labute approximate surface area is 162 Å². The lowest BCUT2D eigenvalue weighted by atomic mass is 10.1. The van der Waals surface area contributed by atoms with Crippen LogP contribution in [0.1, 0.15) is 54.8 Å². The Kier molecular flexibility index (Phi) is 4.68. The van der Waals surface area contributed by atoms with Crippen molar-refractivity contribution in [2.24, 2.45) is 5.92 Å². The van der Waals surface area contributed by atoms with Crippen molar-refractivity contribution in [3.05, 3.63) is 40.5 Å². The molecule has 4 rings (SSSR count). The number of H-pyrrole nitrogens is 1. The molecule has 0 aromatic carbocycles. The van der Waals surface area contributed by atoms with E-state index in [4.69, 9.17) is 6.42 Å². The minimum absolute atomic E-state index is 0.152. The van der Waals surface area contributed by atoms with E-state index < -0.39 is 6.10 Å². The average molecular weight is 379 g/mol. The summed E-state index contributed by atoms with van der Waals surface area (Å²) in [5.41, 5.74) is 1.72. The van der Waals surface area contributed by atoms with Gasteiger partial charge in [-0.25, -0.2) is 9.97 Å². The normalized spacial score (nSPS) is 14.9. The van der Waals surface area contributed by atoms with E-state index in [1.807, 2.05) is 32.0 Å². The summed E-state index contributed by atoms with van der Waals surface area (Å²) in [6.45, 7) is 3.98. The molecule has 1 atom stereocenters. The molecule has 0 aliphatic heterocycles. The van der Waals surface area contributed by atoms with Crippen molar-refractivity contribution >= 4 is 23.0 Å². The molecule has 6 nitrogen and oxygen atoms in total. The molecular weight excluding hydrogens is 358 g/mol. The van der Waals surface area contributed by atoms with Gasteiger partial charge in [0.1, 0.15) is 0 Å². The number of anilines is 2. The molecule has 1 fully saturated rings. The Morgan fingerprint density at radius 2 is 2.19 bits per heavy atom. The molecule has 1 saturated carbocycles. The van der Waals surface area contributed by atoms with Crippen LogP contribution >= 0.6 is 11.3 Å². The van der Waals surface area contributed by atoms with Gasteiger partial charge in [-0.15, -0.1) is 17.8 Å². The smallest absolute Gasteiger partial charge is 0.171 e. The van der Waals surface area contributed by atoms with E-state index in [0.717, 1.165) is 15.4 Å². The van der Waals surface area contributed by atoms with Crippen molar-refractivity contribution in [1.82, 2.24) is 20.2 Å². The third-order valence-corrected chi connectivity index (χ3v) is 5.73. The van der Waals surface area contributed by atoms with E-state index in [9.17, 15) is 5.11 Å². The quantitative estimate of drug-likeness (QED) is 0.558. The van der Waals surface area contributed by atoms with Crippen LogP contribution in [0.2, 0.25) is 0 Å². The van der Waals surface area contributed by atoms with E-state index in [-0.39, 0.29) is 5.92 Å². The Hall–Kier alpha value is -2.69. The number of aromatic amines is 1. The fourth-order valence-electron chi connectivity index (χ4n) is 2.79. The van der Waals surface area contributed by atoms with Crippen molar-refractivity contribution in [3.8, 4) is 23.0 Å². The first-order valence-corrected chi connectivity index (χ1v) is 9.81. The molecule has 3 aromatic heterocycles. The highest BCUT2D eigenvalue weighted by atomic mass is 32.1. The SMILES string of the molecule is C#Cc1cnc(-c2ccc(C(O)C(C)C)s2)nc1Nc1cc(C2CC2)[nH]n1. The zero-order valence-corrected chi connectivity index (χ0v) is 16.0. The molecule has 1 aliphatic carbocycles. The summed E-state index contributed by atoms with van der Waals surface area (Å²) < 4.78 is 0. The number of aromatic nitrogens is 4. The van der Waals surface area contributed by atoms with Gasteiger partial charge < -0.3 is 10.4 Å². The molecule has 1 unspecified atom stereocenters. The first-order chi connectivity index (χ1) is 13.0. The Morgan fingerprint density at radius 1 is 1.37 bits per heavy atom. The zero-order chi connectivity index (χ0) is 19.0. The molecule has 138 valence electrons. The molecule has 27 heavy (non-hydrogen) atoms. The van der Waals surface area contributed by atoms with Crippen LogP contribution in [0.3, 0.4) is 0 Å². The number of aliphatic hydroxyl groups excluding tert-OH is 1.